The molecule has 0 unspecified atom stereocenters. The van der Waals surface area contributed by atoms with E-state index >= 15 is 0 Å². The monoisotopic (exact) mass is 209 g/mol. The summed E-state index contributed by atoms with van der Waals surface area (Å²) in [6.45, 7) is 3.32. The highest BCUT2D eigenvalue weighted by Gasteiger charge is 1.94. The Morgan fingerprint density at radius 2 is 1.93 bits per heavy atom. The fourth-order valence-corrected chi connectivity index (χ4v) is 1.65. The number of nitrogens with zero attached hydrogens (tertiary/aromatic N) is 2. The van der Waals surface area contributed by atoms with Crippen LogP contribution in [-0.2, 0) is 7.05 Å². The van der Waals surface area contributed by atoms with Crippen molar-refractivity contribution in [3.05, 3.63) is 12.4 Å². The summed E-state index contributed by atoms with van der Waals surface area (Å²) in [5.41, 5.74) is 1.13. The number of unbranched alkanes of at least 4 members (excludes halogenated alkanes) is 5. The molecule has 1 aromatic heterocycles. The number of aryl methyl sites for hydroxylation is 1. The lowest BCUT2D eigenvalue weighted by Crippen LogP contribution is -2.00. The summed E-state index contributed by atoms with van der Waals surface area (Å²) in [6.07, 6.45) is 12.0. The van der Waals surface area contributed by atoms with Crippen molar-refractivity contribution < 1.29 is 0 Å². The van der Waals surface area contributed by atoms with Gasteiger partial charge in [0.15, 0.2) is 0 Å². The van der Waals surface area contributed by atoms with Gasteiger partial charge in [0.2, 0.25) is 0 Å². The zero-order valence-electron chi connectivity index (χ0n) is 10.00. The molecule has 86 valence electrons. The van der Waals surface area contributed by atoms with Crippen LogP contribution >= 0.6 is 0 Å². The van der Waals surface area contributed by atoms with Crippen LogP contribution in [0.3, 0.4) is 0 Å². The Hall–Kier alpha value is -0.990. The molecular weight excluding hydrogens is 186 g/mol. The molecule has 1 aromatic rings. The first-order chi connectivity index (χ1) is 7.33. The lowest BCUT2D eigenvalue weighted by Gasteiger charge is -2.02. The summed E-state index contributed by atoms with van der Waals surface area (Å²) in [4.78, 5) is 0. The van der Waals surface area contributed by atoms with Gasteiger partial charge in [-0.15, -0.1) is 0 Å². The van der Waals surface area contributed by atoms with E-state index in [1.807, 2.05) is 24.1 Å². The Kier molecular flexibility index (Phi) is 5.90. The van der Waals surface area contributed by atoms with Crippen LogP contribution in [-0.4, -0.2) is 16.3 Å². The van der Waals surface area contributed by atoms with E-state index in [1.54, 1.807) is 0 Å². The van der Waals surface area contributed by atoms with Crippen molar-refractivity contribution in [3.8, 4) is 0 Å². The Bertz CT molecular complexity index is 255. The van der Waals surface area contributed by atoms with E-state index in [0.29, 0.717) is 0 Å². The molecule has 0 fully saturated rings. The summed E-state index contributed by atoms with van der Waals surface area (Å²) >= 11 is 0. The summed E-state index contributed by atoms with van der Waals surface area (Å²) in [5.74, 6) is 0. The van der Waals surface area contributed by atoms with Gasteiger partial charge < -0.3 is 5.32 Å². The van der Waals surface area contributed by atoms with Crippen molar-refractivity contribution in [1.29, 1.82) is 0 Å². The normalized spacial score (nSPS) is 10.5. The van der Waals surface area contributed by atoms with Gasteiger partial charge in [-0.05, 0) is 6.42 Å². The maximum atomic E-state index is 4.11. The Labute approximate surface area is 92.9 Å². The van der Waals surface area contributed by atoms with Crippen LogP contribution in [0, 0.1) is 0 Å². The lowest BCUT2D eigenvalue weighted by molar-refractivity contribution is 0.617. The smallest absolute Gasteiger partial charge is 0.0726 e. The predicted molar refractivity (Wildman–Crippen MR) is 65.1 cm³/mol. The van der Waals surface area contributed by atoms with Crippen molar-refractivity contribution in [2.24, 2.45) is 7.05 Å². The average Bonchev–Trinajstić information content (AvgIpc) is 2.63. The second-order valence-corrected chi connectivity index (χ2v) is 4.10. The molecule has 0 amide bonds. The topological polar surface area (TPSA) is 29.9 Å². The third-order valence-electron chi connectivity index (χ3n) is 2.56. The number of hydrogen-bond donors (Lipinski definition) is 1. The highest BCUT2D eigenvalue weighted by Crippen LogP contribution is 2.07. The van der Waals surface area contributed by atoms with Gasteiger partial charge in [0.25, 0.3) is 0 Å². The van der Waals surface area contributed by atoms with Gasteiger partial charge in [0, 0.05) is 19.8 Å². The van der Waals surface area contributed by atoms with Gasteiger partial charge in [0.1, 0.15) is 0 Å². The van der Waals surface area contributed by atoms with Gasteiger partial charge in [-0.1, -0.05) is 39.0 Å². The van der Waals surface area contributed by atoms with E-state index in [0.717, 1.165) is 12.2 Å². The van der Waals surface area contributed by atoms with Crippen LogP contribution in [0.4, 0.5) is 5.69 Å². The SMILES string of the molecule is CCCCCCCCNc1cnn(C)c1. The molecule has 0 saturated carbocycles. The summed E-state index contributed by atoms with van der Waals surface area (Å²) in [7, 11) is 1.94. The molecular formula is C12H23N3. The summed E-state index contributed by atoms with van der Waals surface area (Å²) < 4.78 is 1.82. The predicted octanol–water partition coefficient (Wildman–Crippen LogP) is 3.19. The third-order valence-corrected chi connectivity index (χ3v) is 2.56. The molecule has 3 nitrogen and oxygen atoms in total. The van der Waals surface area contributed by atoms with Gasteiger partial charge in [0.05, 0.1) is 11.9 Å². The van der Waals surface area contributed by atoms with E-state index in [9.17, 15) is 0 Å². The number of nitrogens with one attached hydrogen (secondary N) is 1. The first kappa shape index (κ1) is 12.1. The Morgan fingerprint density at radius 1 is 1.20 bits per heavy atom. The number of rotatable bonds is 8. The first-order valence-corrected chi connectivity index (χ1v) is 6.05. The van der Waals surface area contributed by atoms with Crippen molar-refractivity contribution in [1.82, 2.24) is 9.78 Å². The van der Waals surface area contributed by atoms with Gasteiger partial charge >= 0.3 is 0 Å². The van der Waals surface area contributed by atoms with E-state index in [-0.39, 0.29) is 0 Å². The fraction of sp³-hybridized carbons (Fsp3) is 0.750. The second-order valence-electron chi connectivity index (χ2n) is 4.10. The van der Waals surface area contributed by atoms with Crippen LogP contribution in [0.25, 0.3) is 0 Å². The van der Waals surface area contributed by atoms with Crippen LogP contribution < -0.4 is 5.32 Å². The third kappa shape index (κ3) is 5.45. The standard InChI is InChI=1S/C12H23N3/c1-3-4-5-6-7-8-9-13-12-10-14-15(2)11-12/h10-11,13H,3-9H2,1-2H3. The maximum Gasteiger partial charge on any atom is 0.0726 e. The average molecular weight is 209 g/mol. The molecule has 0 aliphatic heterocycles. The van der Waals surface area contributed by atoms with Crippen molar-refractivity contribution in [2.75, 3.05) is 11.9 Å². The zero-order chi connectivity index (χ0) is 10.9. The lowest BCUT2D eigenvalue weighted by atomic mass is 10.1. The maximum absolute atomic E-state index is 4.11. The number of anilines is 1. The molecule has 0 aliphatic carbocycles. The summed E-state index contributed by atoms with van der Waals surface area (Å²) in [6, 6.07) is 0. The molecule has 1 rings (SSSR count). The van der Waals surface area contributed by atoms with E-state index < -0.39 is 0 Å². The molecule has 0 radical (unpaired) electrons. The van der Waals surface area contributed by atoms with Crippen LogP contribution in [0.15, 0.2) is 12.4 Å². The van der Waals surface area contributed by atoms with Crippen molar-refractivity contribution >= 4 is 5.69 Å². The van der Waals surface area contributed by atoms with Crippen LogP contribution in [0.5, 0.6) is 0 Å². The highest BCUT2D eigenvalue weighted by atomic mass is 15.3. The largest absolute Gasteiger partial charge is 0.383 e. The molecule has 0 aliphatic rings. The van der Waals surface area contributed by atoms with Crippen LogP contribution in [0.1, 0.15) is 45.4 Å². The van der Waals surface area contributed by atoms with E-state index in [1.165, 1.54) is 38.5 Å². The molecule has 1 heterocycles. The van der Waals surface area contributed by atoms with Gasteiger partial charge in [-0.2, -0.15) is 5.10 Å². The van der Waals surface area contributed by atoms with E-state index in [2.05, 4.69) is 17.3 Å². The van der Waals surface area contributed by atoms with Gasteiger partial charge in [-0.3, -0.25) is 4.68 Å². The van der Waals surface area contributed by atoms with Crippen molar-refractivity contribution in [3.63, 3.8) is 0 Å². The van der Waals surface area contributed by atoms with Crippen molar-refractivity contribution in [2.45, 2.75) is 45.4 Å². The second kappa shape index (κ2) is 7.32. The summed E-state index contributed by atoms with van der Waals surface area (Å²) in [5, 5.41) is 7.48. The number of hydrogen-bond acceptors (Lipinski definition) is 2. The molecule has 0 spiro atoms. The van der Waals surface area contributed by atoms with Crippen LogP contribution in [0.2, 0.25) is 0 Å². The molecule has 0 bridgehead atoms. The minimum absolute atomic E-state index is 1.07. The highest BCUT2D eigenvalue weighted by molar-refractivity contribution is 5.37. The van der Waals surface area contributed by atoms with E-state index in [4.69, 9.17) is 0 Å². The first-order valence-electron chi connectivity index (χ1n) is 6.05. The van der Waals surface area contributed by atoms with Gasteiger partial charge in [-0.25, -0.2) is 0 Å². The Balaban J connectivity index is 1.93. The quantitative estimate of drug-likeness (QED) is 0.666. The molecule has 1 N–H and O–H groups in total. The Morgan fingerprint density at radius 3 is 2.60 bits per heavy atom. The number of aromatic nitrogens is 2. The minimum Gasteiger partial charge on any atom is -0.383 e. The zero-order valence-corrected chi connectivity index (χ0v) is 10.00. The molecule has 0 atom stereocenters. The molecule has 0 saturated heterocycles. The molecule has 3 heteroatoms. The molecule has 15 heavy (non-hydrogen) atoms. The fourth-order valence-electron chi connectivity index (χ4n) is 1.65. The minimum atomic E-state index is 1.07. The molecule has 0 aromatic carbocycles.